The van der Waals surface area contributed by atoms with Crippen LogP contribution in [0.4, 0.5) is 0 Å². The number of benzene rings is 1. The number of carbonyl (C=O) groups is 4. The number of nitrogens with zero attached hydrogens (tertiary/aromatic N) is 2. The molecule has 0 aliphatic carbocycles. The molecule has 11 heteroatoms. The van der Waals surface area contributed by atoms with Crippen LogP contribution >= 0.6 is 0 Å². The number of amides is 3. The summed E-state index contributed by atoms with van der Waals surface area (Å²) in [4.78, 5) is 59.7. The number of methoxy groups -OCH3 is 1. The molecule has 49 heavy (non-hydrogen) atoms. The van der Waals surface area contributed by atoms with E-state index < -0.39 is 53.7 Å². The van der Waals surface area contributed by atoms with Gasteiger partial charge in [0, 0.05) is 26.6 Å². The highest BCUT2D eigenvalue weighted by Crippen LogP contribution is 2.59. The molecule has 0 radical (unpaired) electrons. The molecule has 2 bridgehead atoms. The molecule has 3 amide bonds. The van der Waals surface area contributed by atoms with Crippen LogP contribution in [0.2, 0.25) is 0 Å². The molecule has 11 nitrogen and oxygen atoms in total. The summed E-state index contributed by atoms with van der Waals surface area (Å²) in [6.07, 6.45) is 6.10. The predicted octanol–water partition coefficient (Wildman–Crippen LogP) is 3.96. The number of esters is 1. The fourth-order valence-corrected chi connectivity index (χ4v) is 7.91. The summed E-state index contributed by atoms with van der Waals surface area (Å²) in [6, 6.07) is 6.72. The van der Waals surface area contributed by atoms with E-state index in [-0.39, 0.29) is 43.3 Å². The van der Waals surface area contributed by atoms with Gasteiger partial charge >= 0.3 is 5.97 Å². The molecular formula is C38H55N3O8. The molecule has 2 N–H and O–H groups in total. The molecule has 0 saturated carbocycles. The Balaban J connectivity index is 1.72. The topological polar surface area (TPSA) is 135 Å². The molecule has 3 aliphatic rings. The second-order valence-electron chi connectivity index (χ2n) is 13.8. The van der Waals surface area contributed by atoms with E-state index in [1.165, 1.54) is 12.0 Å². The number of aliphatic hydroxyl groups excluding tert-OH is 1. The number of likely N-dealkylation sites (tertiary alicyclic amines) is 1. The molecule has 4 rings (SSSR count). The number of rotatable bonds is 20. The van der Waals surface area contributed by atoms with Crippen LogP contribution in [0, 0.1) is 17.8 Å². The van der Waals surface area contributed by atoms with E-state index in [1.54, 1.807) is 17.1 Å². The van der Waals surface area contributed by atoms with Crippen molar-refractivity contribution in [2.75, 3.05) is 33.4 Å². The Morgan fingerprint density at radius 2 is 1.92 bits per heavy atom. The van der Waals surface area contributed by atoms with Gasteiger partial charge in [-0.1, -0.05) is 76.1 Å². The maximum atomic E-state index is 14.6. The maximum absolute atomic E-state index is 14.6. The molecule has 3 fully saturated rings. The number of fused-ring (bicyclic) bond motifs is 1. The Hall–Kier alpha value is -3.54. The zero-order valence-corrected chi connectivity index (χ0v) is 29.6. The van der Waals surface area contributed by atoms with Crippen LogP contribution in [0.3, 0.4) is 0 Å². The highest BCUT2D eigenvalue weighted by atomic mass is 16.6. The van der Waals surface area contributed by atoms with Crippen molar-refractivity contribution in [3.63, 3.8) is 0 Å². The molecule has 1 aromatic carbocycles. The summed E-state index contributed by atoms with van der Waals surface area (Å²) in [7, 11) is 1.51. The average molecular weight is 682 g/mol. The second-order valence-corrected chi connectivity index (χ2v) is 13.8. The first-order valence-electron chi connectivity index (χ1n) is 17.7. The Morgan fingerprint density at radius 1 is 1.18 bits per heavy atom. The third-order valence-electron chi connectivity index (χ3n) is 10.3. The number of carbonyl (C=O) groups excluding carboxylic acids is 4. The lowest BCUT2D eigenvalue weighted by molar-refractivity contribution is -0.164. The minimum absolute atomic E-state index is 0.0671. The SMILES string of the molecule is C=CCCC(=O)N[C@@H](COC)[C@@H](OC(=O)[C@@H]1[C@@H]2CC[C@]3(O2)[C@H](C(=O)N(CC=C)CCCCC)N([C@@H](CO)C(C)C)C(=O)[C@@H]13)c1ccccc1. The van der Waals surface area contributed by atoms with E-state index >= 15 is 0 Å². The van der Waals surface area contributed by atoms with Crippen molar-refractivity contribution >= 4 is 23.7 Å². The van der Waals surface area contributed by atoms with Crippen molar-refractivity contribution < 1.29 is 38.5 Å². The van der Waals surface area contributed by atoms with Crippen LogP contribution in [0.25, 0.3) is 0 Å². The third-order valence-corrected chi connectivity index (χ3v) is 10.3. The number of hydrogen-bond acceptors (Lipinski definition) is 8. The van der Waals surface area contributed by atoms with Crippen LogP contribution in [-0.4, -0.2) is 102 Å². The minimum atomic E-state index is -1.25. The summed E-state index contributed by atoms with van der Waals surface area (Å²) in [5, 5.41) is 13.5. The van der Waals surface area contributed by atoms with Gasteiger partial charge in [-0.15, -0.1) is 13.2 Å². The second kappa shape index (κ2) is 17.4. The van der Waals surface area contributed by atoms with Gasteiger partial charge in [-0.25, -0.2) is 0 Å². The Bertz CT molecular complexity index is 1320. The molecule has 3 aliphatic heterocycles. The van der Waals surface area contributed by atoms with Gasteiger partial charge in [0.2, 0.25) is 17.7 Å². The van der Waals surface area contributed by atoms with Gasteiger partial charge in [0.05, 0.1) is 43.2 Å². The van der Waals surface area contributed by atoms with Crippen molar-refractivity contribution in [1.82, 2.24) is 15.1 Å². The van der Waals surface area contributed by atoms with E-state index in [0.29, 0.717) is 37.9 Å². The lowest BCUT2D eigenvalue weighted by Crippen LogP contribution is -2.59. The number of hydrogen-bond donors (Lipinski definition) is 2. The molecule has 0 aromatic heterocycles. The van der Waals surface area contributed by atoms with Gasteiger partial charge < -0.3 is 34.4 Å². The van der Waals surface area contributed by atoms with Gasteiger partial charge in [0.15, 0.2) is 0 Å². The fraction of sp³-hybridized carbons (Fsp3) is 0.632. The number of aliphatic hydroxyl groups is 1. The van der Waals surface area contributed by atoms with Crippen LogP contribution in [0.15, 0.2) is 55.6 Å². The van der Waals surface area contributed by atoms with E-state index in [4.69, 9.17) is 14.2 Å². The zero-order valence-electron chi connectivity index (χ0n) is 29.6. The van der Waals surface area contributed by atoms with Crippen molar-refractivity contribution in [1.29, 1.82) is 0 Å². The smallest absolute Gasteiger partial charge is 0.313 e. The van der Waals surface area contributed by atoms with Gasteiger partial charge in [0.1, 0.15) is 17.7 Å². The highest BCUT2D eigenvalue weighted by molar-refractivity contribution is 5.98. The summed E-state index contributed by atoms with van der Waals surface area (Å²) in [6.45, 7) is 14.0. The van der Waals surface area contributed by atoms with E-state index in [2.05, 4.69) is 25.4 Å². The summed E-state index contributed by atoms with van der Waals surface area (Å²) in [5.74, 6) is -3.64. The predicted molar refractivity (Wildman–Crippen MR) is 185 cm³/mol. The van der Waals surface area contributed by atoms with Gasteiger partial charge in [-0.05, 0) is 37.2 Å². The summed E-state index contributed by atoms with van der Waals surface area (Å²) < 4.78 is 18.4. The van der Waals surface area contributed by atoms with E-state index in [0.717, 1.165) is 19.3 Å². The van der Waals surface area contributed by atoms with Crippen molar-refractivity contribution in [3.8, 4) is 0 Å². The maximum Gasteiger partial charge on any atom is 0.313 e. The summed E-state index contributed by atoms with van der Waals surface area (Å²) >= 11 is 0. The van der Waals surface area contributed by atoms with Crippen molar-refractivity contribution in [2.45, 2.75) is 102 Å². The molecule has 8 atom stereocenters. The Labute approximate surface area is 291 Å². The first-order chi connectivity index (χ1) is 23.6. The molecule has 3 saturated heterocycles. The van der Waals surface area contributed by atoms with Crippen LogP contribution in [0.5, 0.6) is 0 Å². The Kier molecular flexibility index (Phi) is 13.6. The fourth-order valence-electron chi connectivity index (χ4n) is 7.91. The molecule has 3 heterocycles. The number of allylic oxidation sites excluding steroid dienone is 1. The normalized spacial score (nSPS) is 25.8. The number of unbranched alkanes of at least 4 members (excludes halogenated alkanes) is 2. The van der Waals surface area contributed by atoms with Crippen LogP contribution in [0.1, 0.15) is 77.4 Å². The zero-order chi connectivity index (χ0) is 35.7. The van der Waals surface area contributed by atoms with Crippen molar-refractivity contribution in [2.24, 2.45) is 17.8 Å². The standard InChI is InChI=1S/C38H55N3O8/c1-7-10-15-22-40(21-9-3)36(45)34-38-20-19-29(49-38)31(32(38)35(44)41(34)28(23-42)25(4)5)37(46)48-33(26-16-13-12-14-17-26)27(24-47-6)39-30(43)18-11-8-2/h8-9,12-14,16-17,25,27-29,31-34,42H,2-3,7,10-11,15,18-24H2,1,4-6H3,(H,39,43)/t27-,28-,29-,31+,32+,33-,34-,38+/m0/s1. The quantitative estimate of drug-likeness (QED) is 0.120. The highest BCUT2D eigenvalue weighted by Gasteiger charge is 2.76. The van der Waals surface area contributed by atoms with Crippen molar-refractivity contribution in [3.05, 3.63) is 61.2 Å². The lowest BCUT2D eigenvalue weighted by atomic mass is 9.70. The minimum Gasteiger partial charge on any atom is -0.455 e. The summed E-state index contributed by atoms with van der Waals surface area (Å²) in [5.41, 5.74) is -0.595. The van der Waals surface area contributed by atoms with Gasteiger partial charge in [0.25, 0.3) is 0 Å². The molecular weight excluding hydrogens is 626 g/mol. The molecule has 0 unspecified atom stereocenters. The van der Waals surface area contributed by atoms with E-state index in [1.807, 2.05) is 44.2 Å². The first kappa shape index (κ1) is 38.3. The molecule has 1 aromatic rings. The largest absolute Gasteiger partial charge is 0.455 e. The van der Waals surface area contributed by atoms with Crippen LogP contribution in [-0.2, 0) is 33.4 Å². The van der Waals surface area contributed by atoms with Crippen LogP contribution < -0.4 is 5.32 Å². The Morgan fingerprint density at radius 3 is 2.53 bits per heavy atom. The third kappa shape index (κ3) is 7.94. The average Bonchev–Trinajstić information content (AvgIpc) is 3.73. The molecule has 270 valence electrons. The molecule has 1 spiro atoms. The van der Waals surface area contributed by atoms with E-state index in [9.17, 15) is 24.3 Å². The van der Waals surface area contributed by atoms with Gasteiger partial charge in [-0.3, -0.25) is 19.2 Å². The number of ether oxygens (including phenoxy) is 3. The monoisotopic (exact) mass is 681 g/mol. The first-order valence-corrected chi connectivity index (χ1v) is 17.7. The number of nitrogens with one attached hydrogen (secondary N) is 1. The lowest BCUT2D eigenvalue weighted by Gasteiger charge is -2.40. The van der Waals surface area contributed by atoms with Gasteiger partial charge in [-0.2, -0.15) is 0 Å².